The molecule has 1 heterocycles. The average molecular weight is 349 g/mol. The van der Waals surface area contributed by atoms with E-state index in [0.29, 0.717) is 24.5 Å². The summed E-state index contributed by atoms with van der Waals surface area (Å²) in [5.41, 5.74) is 5.73. The maximum absolute atomic E-state index is 12.3. The first-order chi connectivity index (χ1) is 11.7. The van der Waals surface area contributed by atoms with E-state index in [1.54, 1.807) is 29.2 Å². The first-order valence-corrected chi connectivity index (χ1v) is 8.48. The number of nitrogens with one attached hydrogen (secondary N) is 1. The molecule has 1 aromatic carbocycles. The maximum atomic E-state index is 12.3. The van der Waals surface area contributed by atoms with Crippen LogP contribution in [0.2, 0.25) is 0 Å². The fourth-order valence-corrected chi connectivity index (χ4v) is 2.64. The minimum Gasteiger partial charge on any atom is -0.484 e. The summed E-state index contributed by atoms with van der Waals surface area (Å²) in [7, 11) is 0. The van der Waals surface area contributed by atoms with Crippen LogP contribution in [0.15, 0.2) is 24.3 Å². The van der Waals surface area contributed by atoms with Crippen molar-refractivity contribution in [2.24, 2.45) is 0 Å². The van der Waals surface area contributed by atoms with E-state index in [0.717, 1.165) is 12.8 Å². The molecule has 1 unspecified atom stereocenters. The molecule has 0 spiro atoms. The van der Waals surface area contributed by atoms with Gasteiger partial charge in [-0.05, 0) is 45.7 Å². The fraction of sp³-hybridized carbons (Fsp3) is 0.556. The number of anilines is 1. The van der Waals surface area contributed by atoms with Crippen molar-refractivity contribution in [1.29, 1.82) is 0 Å². The Labute approximate surface area is 148 Å². The number of alkyl carbamates (subject to hydrolysis) is 1. The number of hydrogen-bond acceptors (Lipinski definition) is 5. The SMILES string of the molecule is CC(C)(C)OC(=O)NC1CCCN(C(=O)COc2cccc(N)c2)C1. The van der Waals surface area contributed by atoms with Crippen LogP contribution in [0.4, 0.5) is 10.5 Å². The maximum Gasteiger partial charge on any atom is 0.407 e. The van der Waals surface area contributed by atoms with Gasteiger partial charge in [0.05, 0.1) is 0 Å². The first kappa shape index (κ1) is 18.9. The summed E-state index contributed by atoms with van der Waals surface area (Å²) in [6.45, 7) is 6.51. The molecule has 1 aromatic rings. The van der Waals surface area contributed by atoms with Gasteiger partial charge in [-0.3, -0.25) is 4.79 Å². The zero-order chi connectivity index (χ0) is 18.4. The largest absolute Gasteiger partial charge is 0.484 e. The van der Waals surface area contributed by atoms with Crippen LogP contribution in [0.3, 0.4) is 0 Å². The molecule has 7 heteroatoms. The summed E-state index contributed by atoms with van der Waals surface area (Å²) in [6.07, 6.45) is 1.19. The molecule has 138 valence electrons. The Balaban J connectivity index is 1.81. The van der Waals surface area contributed by atoms with Crippen LogP contribution in [-0.2, 0) is 9.53 Å². The van der Waals surface area contributed by atoms with Gasteiger partial charge in [0.15, 0.2) is 6.61 Å². The molecule has 25 heavy (non-hydrogen) atoms. The van der Waals surface area contributed by atoms with E-state index < -0.39 is 11.7 Å². The molecule has 0 aliphatic carbocycles. The first-order valence-electron chi connectivity index (χ1n) is 8.48. The lowest BCUT2D eigenvalue weighted by Crippen LogP contribution is -2.51. The molecular weight excluding hydrogens is 322 g/mol. The van der Waals surface area contributed by atoms with Crippen molar-refractivity contribution in [1.82, 2.24) is 10.2 Å². The van der Waals surface area contributed by atoms with Gasteiger partial charge in [-0.1, -0.05) is 6.07 Å². The summed E-state index contributed by atoms with van der Waals surface area (Å²) < 4.78 is 10.8. The van der Waals surface area contributed by atoms with Crippen LogP contribution in [0, 0.1) is 0 Å². The second-order valence-electron chi connectivity index (χ2n) is 7.19. The predicted molar refractivity (Wildman–Crippen MR) is 95.3 cm³/mol. The molecule has 1 saturated heterocycles. The Hall–Kier alpha value is -2.44. The molecule has 7 nitrogen and oxygen atoms in total. The lowest BCUT2D eigenvalue weighted by Gasteiger charge is -2.33. The number of carbonyl (C=O) groups is 2. The van der Waals surface area contributed by atoms with Gasteiger partial charge in [0, 0.05) is 30.9 Å². The highest BCUT2D eigenvalue weighted by atomic mass is 16.6. The molecule has 2 amide bonds. The summed E-state index contributed by atoms with van der Waals surface area (Å²) in [5, 5.41) is 2.83. The van der Waals surface area contributed by atoms with E-state index >= 15 is 0 Å². The monoisotopic (exact) mass is 349 g/mol. The molecule has 0 saturated carbocycles. The number of piperidine rings is 1. The number of nitrogens with two attached hydrogens (primary N) is 1. The molecule has 0 radical (unpaired) electrons. The minimum atomic E-state index is -0.542. The molecule has 1 aliphatic rings. The van der Waals surface area contributed by atoms with Crippen LogP contribution < -0.4 is 15.8 Å². The Kier molecular flexibility index (Phi) is 6.12. The topological polar surface area (TPSA) is 93.9 Å². The number of rotatable bonds is 4. The Bertz CT molecular complexity index is 613. The zero-order valence-corrected chi connectivity index (χ0v) is 15.1. The van der Waals surface area contributed by atoms with Crippen LogP contribution in [-0.4, -0.2) is 48.2 Å². The van der Waals surface area contributed by atoms with Gasteiger partial charge in [-0.15, -0.1) is 0 Å². The highest BCUT2D eigenvalue weighted by molar-refractivity contribution is 5.78. The molecule has 1 aliphatic heterocycles. The highest BCUT2D eigenvalue weighted by Crippen LogP contribution is 2.16. The minimum absolute atomic E-state index is 0.0530. The zero-order valence-electron chi connectivity index (χ0n) is 15.1. The molecule has 0 aromatic heterocycles. The van der Waals surface area contributed by atoms with E-state index in [1.807, 2.05) is 20.8 Å². The summed E-state index contributed by atoms with van der Waals surface area (Å²) >= 11 is 0. The van der Waals surface area contributed by atoms with Crippen LogP contribution >= 0.6 is 0 Å². The predicted octanol–water partition coefficient (Wildman–Crippen LogP) is 2.16. The van der Waals surface area contributed by atoms with E-state index in [4.69, 9.17) is 15.2 Å². The number of nitrogens with zero attached hydrogens (tertiary/aromatic N) is 1. The number of nitrogen functional groups attached to an aromatic ring is 1. The molecule has 3 N–H and O–H groups in total. The number of ether oxygens (including phenoxy) is 2. The van der Waals surface area contributed by atoms with Crippen molar-refractivity contribution in [3.05, 3.63) is 24.3 Å². The van der Waals surface area contributed by atoms with Crippen LogP contribution in [0.25, 0.3) is 0 Å². The molecule has 2 rings (SSSR count). The van der Waals surface area contributed by atoms with Gasteiger partial charge in [0.2, 0.25) is 0 Å². The van der Waals surface area contributed by atoms with Crippen molar-refractivity contribution in [3.63, 3.8) is 0 Å². The normalized spacial score (nSPS) is 17.7. The quantitative estimate of drug-likeness (QED) is 0.813. The van der Waals surface area contributed by atoms with Crippen LogP contribution in [0.1, 0.15) is 33.6 Å². The van der Waals surface area contributed by atoms with Gasteiger partial charge in [-0.2, -0.15) is 0 Å². The lowest BCUT2D eigenvalue weighted by atomic mass is 10.1. The van der Waals surface area contributed by atoms with Gasteiger partial charge in [0.1, 0.15) is 11.4 Å². The van der Waals surface area contributed by atoms with Crippen molar-refractivity contribution >= 4 is 17.7 Å². The van der Waals surface area contributed by atoms with Crippen molar-refractivity contribution in [3.8, 4) is 5.75 Å². The third kappa shape index (κ3) is 6.52. The summed E-state index contributed by atoms with van der Waals surface area (Å²) in [4.78, 5) is 25.9. The smallest absolute Gasteiger partial charge is 0.407 e. The standard InChI is InChI=1S/C18H27N3O4/c1-18(2,3)25-17(23)20-14-7-5-9-21(11-14)16(22)12-24-15-8-4-6-13(19)10-15/h4,6,8,10,14H,5,7,9,11-12,19H2,1-3H3,(H,20,23). The lowest BCUT2D eigenvalue weighted by molar-refractivity contribution is -0.134. The van der Waals surface area contributed by atoms with Crippen molar-refractivity contribution < 1.29 is 19.1 Å². The second kappa shape index (κ2) is 8.09. The van der Waals surface area contributed by atoms with Gasteiger partial charge in [0.25, 0.3) is 5.91 Å². The van der Waals surface area contributed by atoms with Crippen molar-refractivity contribution in [2.75, 3.05) is 25.4 Å². The van der Waals surface area contributed by atoms with Gasteiger partial charge >= 0.3 is 6.09 Å². The van der Waals surface area contributed by atoms with E-state index in [2.05, 4.69) is 5.32 Å². The number of carbonyl (C=O) groups excluding carboxylic acids is 2. The van der Waals surface area contributed by atoms with Crippen LogP contribution in [0.5, 0.6) is 5.75 Å². The van der Waals surface area contributed by atoms with E-state index in [1.165, 1.54) is 0 Å². The second-order valence-corrected chi connectivity index (χ2v) is 7.19. The van der Waals surface area contributed by atoms with Crippen molar-refractivity contribution in [2.45, 2.75) is 45.3 Å². The Morgan fingerprint density at radius 1 is 1.36 bits per heavy atom. The number of amides is 2. The van der Waals surface area contributed by atoms with E-state index in [-0.39, 0.29) is 18.6 Å². The van der Waals surface area contributed by atoms with E-state index in [9.17, 15) is 9.59 Å². The average Bonchev–Trinajstić information content (AvgIpc) is 2.51. The Morgan fingerprint density at radius 2 is 2.12 bits per heavy atom. The number of likely N-dealkylation sites (tertiary alicyclic amines) is 1. The third-order valence-electron chi connectivity index (χ3n) is 3.72. The van der Waals surface area contributed by atoms with Gasteiger partial charge < -0.3 is 25.4 Å². The Morgan fingerprint density at radius 3 is 2.80 bits per heavy atom. The van der Waals surface area contributed by atoms with Gasteiger partial charge in [-0.25, -0.2) is 4.79 Å². The fourth-order valence-electron chi connectivity index (χ4n) is 2.64. The highest BCUT2D eigenvalue weighted by Gasteiger charge is 2.26. The molecular formula is C18H27N3O4. The number of hydrogen-bond donors (Lipinski definition) is 2. The third-order valence-corrected chi connectivity index (χ3v) is 3.72. The molecule has 0 bridgehead atoms. The summed E-state index contributed by atoms with van der Waals surface area (Å²) in [6, 6.07) is 6.85. The molecule has 1 atom stereocenters. The molecule has 1 fully saturated rings. The summed E-state index contributed by atoms with van der Waals surface area (Å²) in [5.74, 6) is 0.451. The number of benzene rings is 1.